The van der Waals surface area contributed by atoms with Crippen LogP contribution in [0.25, 0.3) is 0 Å². The number of rotatable bonds is 8. The van der Waals surface area contributed by atoms with Gasteiger partial charge in [-0.05, 0) is 58.2 Å². The van der Waals surface area contributed by atoms with Gasteiger partial charge in [-0.15, -0.1) is 6.58 Å². The third-order valence-electron chi connectivity index (χ3n) is 6.90. The summed E-state index contributed by atoms with van der Waals surface area (Å²) >= 11 is 0. The van der Waals surface area contributed by atoms with E-state index >= 15 is 0 Å². The van der Waals surface area contributed by atoms with Gasteiger partial charge >= 0.3 is 0 Å². The highest BCUT2D eigenvalue weighted by Gasteiger charge is 2.37. The molecule has 0 saturated carbocycles. The number of carbonyl (C=O) groups excluding carboxylic acids is 1. The molecule has 0 aliphatic carbocycles. The molecule has 0 radical (unpaired) electrons. The van der Waals surface area contributed by atoms with E-state index < -0.39 is 0 Å². The van der Waals surface area contributed by atoms with E-state index in [1.807, 2.05) is 12.1 Å². The second-order valence-electron chi connectivity index (χ2n) is 9.74. The number of anilines is 1. The van der Waals surface area contributed by atoms with E-state index in [-0.39, 0.29) is 17.0 Å². The molecule has 0 aromatic heterocycles. The van der Waals surface area contributed by atoms with Gasteiger partial charge in [-0.1, -0.05) is 24.3 Å². The average Bonchev–Trinajstić information content (AvgIpc) is 3.11. The fourth-order valence-electron chi connectivity index (χ4n) is 4.34. The van der Waals surface area contributed by atoms with Crippen LogP contribution < -0.4 is 15.6 Å². The van der Waals surface area contributed by atoms with Crippen LogP contribution in [0.15, 0.2) is 54.3 Å². The van der Waals surface area contributed by atoms with Crippen molar-refractivity contribution < 1.29 is 4.79 Å². The summed E-state index contributed by atoms with van der Waals surface area (Å²) in [6.07, 6.45) is 4.10. The largest absolute Gasteiger partial charge is 0.348 e. The lowest BCUT2D eigenvalue weighted by Crippen LogP contribution is -2.57. The number of hydrazine groups is 1. The van der Waals surface area contributed by atoms with Crippen LogP contribution in [0.3, 0.4) is 0 Å². The number of hydrogen-bond donors (Lipinski definition) is 2. The van der Waals surface area contributed by atoms with Crippen LogP contribution in [0.5, 0.6) is 0 Å². The summed E-state index contributed by atoms with van der Waals surface area (Å²) in [7, 11) is 0. The number of nitrogens with one attached hydrogen (secondary N) is 2. The Morgan fingerprint density at radius 2 is 1.94 bits per heavy atom. The van der Waals surface area contributed by atoms with Crippen molar-refractivity contribution in [2.45, 2.75) is 58.5 Å². The summed E-state index contributed by atoms with van der Waals surface area (Å²) in [6.45, 7) is 19.0. The SMILES string of the molecule is C=CC(C)(C)N1CC(C)=C(CN2CCC(C)(N(CNC(C)=O)c3ccccc3)CC2)N1. The highest BCUT2D eigenvalue weighted by Crippen LogP contribution is 2.33. The molecule has 2 heterocycles. The van der Waals surface area contributed by atoms with Crippen molar-refractivity contribution in [3.63, 3.8) is 0 Å². The predicted octanol–water partition coefficient (Wildman–Crippen LogP) is 3.50. The number of nitrogens with zero attached hydrogens (tertiary/aromatic N) is 3. The second kappa shape index (κ2) is 9.45. The molecule has 2 aliphatic heterocycles. The Balaban J connectivity index is 1.63. The van der Waals surface area contributed by atoms with E-state index in [1.165, 1.54) is 11.3 Å². The third-order valence-corrected chi connectivity index (χ3v) is 6.90. The van der Waals surface area contributed by atoms with E-state index in [9.17, 15) is 4.79 Å². The van der Waals surface area contributed by atoms with E-state index in [1.54, 1.807) is 6.92 Å². The molecule has 31 heavy (non-hydrogen) atoms. The van der Waals surface area contributed by atoms with Gasteiger partial charge in [0.2, 0.25) is 5.91 Å². The van der Waals surface area contributed by atoms with Gasteiger partial charge in [-0.25, -0.2) is 5.01 Å². The van der Waals surface area contributed by atoms with E-state index in [0.29, 0.717) is 6.67 Å². The summed E-state index contributed by atoms with van der Waals surface area (Å²) in [5.41, 5.74) is 7.42. The lowest BCUT2D eigenvalue weighted by Gasteiger charge is -2.48. The molecular formula is C25H39N5O. The molecule has 6 heteroatoms. The summed E-state index contributed by atoms with van der Waals surface area (Å²) in [5.74, 6) is 0.00342. The van der Waals surface area contributed by atoms with Crippen molar-refractivity contribution in [1.82, 2.24) is 20.7 Å². The quantitative estimate of drug-likeness (QED) is 0.493. The number of amides is 1. The molecule has 6 nitrogen and oxygen atoms in total. The molecule has 170 valence electrons. The van der Waals surface area contributed by atoms with Crippen molar-refractivity contribution in [2.24, 2.45) is 0 Å². The molecule has 1 aromatic carbocycles. The predicted molar refractivity (Wildman–Crippen MR) is 129 cm³/mol. The van der Waals surface area contributed by atoms with Gasteiger partial charge in [0.05, 0.1) is 12.2 Å². The number of carbonyl (C=O) groups is 1. The molecule has 0 spiro atoms. The Morgan fingerprint density at radius 3 is 2.52 bits per heavy atom. The number of benzene rings is 1. The first-order valence-electron chi connectivity index (χ1n) is 11.3. The molecule has 0 atom stereocenters. The topological polar surface area (TPSA) is 50.9 Å². The minimum Gasteiger partial charge on any atom is -0.348 e. The molecule has 0 bridgehead atoms. The zero-order valence-corrected chi connectivity index (χ0v) is 19.9. The molecule has 1 saturated heterocycles. The van der Waals surface area contributed by atoms with Gasteiger partial charge in [0.1, 0.15) is 0 Å². The molecule has 2 aliphatic rings. The maximum atomic E-state index is 11.6. The van der Waals surface area contributed by atoms with Crippen LogP contribution in [0.1, 0.15) is 47.5 Å². The van der Waals surface area contributed by atoms with Gasteiger partial charge in [0.15, 0.2) is 0 Å². The van der Waals surface area contributed by atoms with Crippen molar-refractivity contribution in [2.75, 3.05) is 37.7 Å². The Morgan fingerprint density at radius 1 is 1.29 bits per heavy atom. The summed E-state index contributed by atoms with van der Waals surface area (Å²) in [4.78, 5) is 16.5. The van der Waals surface area contributed by atoms with Crippen molar-refractivity contribution in [1.29, 1.82) is 0 Å². The molecule has 0 unspecified atom stereocenters. The lowest BCUT2D eigenvalue weighted by atomic mass is 9.87. The first kappa shape index (κ1) is 23.4. The van der Waals surface area contributed by atoms with Gasteiger partial charge in [-0.2, -0.15) is 0 Å². The van der Waals surface area contributed by atoms with Gasteiger partial charge in [0, 0.05) is 50.0 Å². The fourth-order valence-corrected chi connectivity index (χ4v) is 4.34. The first-order chi connectivity index (χ1) is 14.6. The molecule has 2 N–H and O–H groups in total. The standard InChI is InChI=1S/C25H39N5O/c1-7-24(4,5)30-17-20(2)23(27-30)18-28-15-13-25(6,14-16-28)29(19-26-21(3)31)22-11-9-8-10-12-22/h7-12,27H,1,13-19H2,2-6H3,(H,26,31). The highest BCUT2D eigenvalue weighted by molar-refractivity contribution is 5.73. The van der Waals surface area contributed by atoms with Crippen molar-refractivity contribution >= 4 is 11.6 Å². The van der Waals surface area contributed by atoms with Crippen LogP contribution in [0.4, 0.5) is 5.69 Å². The highest BCUT2D eigenvalue weighted by atomic mass is 16.1. The van der Waals surface area contributed by atoms with Gasteiger partial charge in [0.25, 0.3) is 0 Å². The van der Waals surface area contributed by atoms with Crippen LogP contribution in [0, 0.1) is 0 Å². The molecule has 1 amide bonds. The Labute approximate surface area is 187 Å². The summed E-state index contributed by atoms with van der Waals surface area (Å²) in [6, 6.07) is 10.4. The van der Waals surface area contributed by atoms with E-state index in [0.717, 1.165) is 44.7 Å². The Hall–Kier alpha value is -2.31. The maximum Gasteiger partial charge on any atom is 0.218 e. The zero-order chi connectivity index (χ0) is 22.6. The second-order valence-corrected chi connectivity index (χ2v) is 9.74. The van der Waals surface area contributed by atoms with Crippen LogP contribution in [-0.2, 0) is 4.79 Å². The molecule has 1 fully saturated rings. The lowest BCUT2D eigenvalue weighted by molar-refractivity contribution is -0.119. The van der Waals surface area contributed by atoms with Gasteiger partial charge in [-0.3, -0.25) is 9.69 Å². The normalized spacial score (nSPS) is 19.8. The number of piperidine rings is 1. The summed E-state index contributed by atoms with van der Waals surface area (Å²) < 4.78 is 0. The Bertz CT molecular complexity index is 808. The fraction of sp³-hybridized carbons (Fsp3) is 0.560. The first-order valence-corrected chi connectivity index (χ1v) is 11.3. The monoisotopic (exact) mass is 425 g/mol. The average molecular weight is 426 g/mol. The number of likely N-dealkylation sites (tertiary alicyclic amines) is 1. The third kappa shape index (κ3) is 5.49. The molecular weight excluding hydrogens is 386 g/mol. The number of para-hydroxylation sites is 1. The zero-order valence-electron chi connectivity index (χ0n) is 19.9. The maximum absolute atomic E-state index is 11.6. The van der Waals surface area contributed by atoms with E-state index in [2.05, 4.69) is 84.1 Å². The van der Waals surface area contributed by atoms with Crippen molar-refractivity contribution in [3.8, 4) is 0 Å². The molecule has 1 aromatic rings. The number of hydrogen-bond acceptors (Lipinski definition) is 5. The minimum atomic E-state index is -0.0800. The van der Waals surface area contributed by atoms with Crippen LogP contribution in [0.2, 0.25) is 0 Å². The van der Waals surface area contributed by atoms with E-state index in [4.69, 9.17) is 0 Å². The Kier molecular flexibility index (Phi) is 7.12. The van der Waals surface area contributed by atoms with Crippen molar-refractivity contribution in [3.05, 3.63) is 54.3 Å². The molecule has 3 rings (SSSR count). The van der Waals surface area contributed by atoms with Crippen LogP contribution in [-0.4, -0.2) is 59.7 Å². The minimum absolute atomic E-state index is 0.00342. The van der Waals surface area contributed by atoms with Gasteiger partial charge < -0.3 is 15.6 Å². The summed E-state index contributed by atoms with van der Waals surface area (Å²) in [5, 5.41) is 5.28. The van der Waals surface area contributed by atoms with Crippen LogP contribution >= 0.6 is 0 Å². The smallest absolute Gasteiger partial charge is 0.218 e.